The number of nitrogens with zero attached hydrogens (tertiary/aromatic N) is 2. The Bertz CT molecular complexity index is 438. The Kier molecular flexibility index (Phi) is 6.79. The van der Waals surface area contributed by atoms with Gasteiger partial charge in [0.15, 0.2) is 0 Å². The summed E-state index contributed by atoms with van der Waals surface area (Å²) in [6.07, 6.45) is 0. The van der Waals surface area contributed by atoms with Crippen LogP contribution in [0.2, 0.25) is 0 Å². The van der Waals surface area contributed by atoms with Gasteiger partial charge in [0.1, 0.15) is 0 Å². The third-order valence-corrected chi connectivity index (χ3v) is 2.95. The second kappa shape index (κ2) is 8.37. The van der Waals surface area contributed by atoms with Crippen molar-refractivity contribution in [1.29, 1.82) is 0 Å². The maximum atomic E-state index is 11.0. The van der Waals surface area contributed by atoms with Crippen LogP contribution < -0.4 is 10.2 Å². The van der Waals surface area contributed by atoms with Crippen LogP contribution in [-0.4, -0.2) is 37.8 Å². The first-order valence-electron chi connectivity index (χ1n) is 6.98. The Morgan fingerprint density at radius 3 is 2.60 bits per heavy atom. The van der Waals surface area contributed by atoms with Crippen molar-refractivity contribution in [3.05, 3.63) is 28.3 Å². The first-order valence-corrected chi connectivity index (χ1v) is 6.98. The lowest BCUT2D eigenvalue weighted by Gasteiger charge is -2.23. The van der Waals surface area contributed by atoms with Gasteiger partial charge in [-0.05, 0) is 26.8 Å². The summed E-state index contributed by atoms with van der Waals surface area (Å²) in [5.74, 6) is 0. The number of anilines is 2. The molecule has 1 N–H and O–H groups in total. The van der Waals surface area contributed by atoms with Crippen molar-refractivity contribution in [1.82, 2.24) is 0 Å². The highest BCUT2D eigenvalue weighted by Crippen LogP contribution is 2.27. The largest absolute Gasteiger partial charge is 0.385 e. The molecule has 0 bridgehead atoms. The highest BCUT2D eigenvalue weighted by Gasteiger charge is 2.13. The van der Waals surface area contributed by atoms with Crippen LogP contribution in [0.1, 0.15) is 20.8 Å². The molecule has 0 saturated heterocycles. The zero-order chi connectivity index (χ0) is 15.0. The average molecular weight is 281 g/mol. The number of nitrogens with one attached hydrogen (secondary N) is 1. The number of non-ortho nitro benzene ring substituents is 1. The van der Waals surface area contributed by atoms with Crippen LogP contribution >= 0.6 is 0 Å². The predicted octanol–water partition coefficient (Wildman–Crippen LogP) is 2.89. The highest BCUT2D eigenvalue weighted by atomic mass is 16.6. The molecular formula is C14H23N3O3. The normalized spacial score (nSPS) is 10.3. The lowest BCUT2D eigenvalue weighted by atomic mass is 10.2. The third kappa shape index (κ3) is 4.70. The number of likely N-dealkylation sites (N-methyl/N-ethyl adjacent to an activating group) is 1. The van der Waals surface area contributed by atoms with Crippen LogP contribution in [0.3, 0.4) is 0 Å². The van der Waals surface area contributed by atoms with E-state index in [0.29, 0.717) is 13.2 Å². The van der Waals surface area contributed by atoms with Crippen molar-refractivity contribution in [2.45, 2.75) is 20.8 Å². The minimum atomic E-state index is -0.360. The Labute approximate surface area is 119 Å². The molecular weight excluding hydrogens is 258 g/mol. The van der Waals surface area contributed by atoms with E-state index in [9.17, 15) is 10.1 Å². The standard InChI is InChI=1S/C14H23N3O3/c1-4-15-12-9-13(11-14(10-12)17(18)19)16(5-2)7-8-20-6-3/h9-11,15H,4-8H2,1-3H3. The first-order chi connectivity index (χ1) is 9.62. The monoisotopic (exact) mass is 281 g/mol. The van der Waals surface area contributed by atoms with E-state index in [1.54, 1.807) is 12.1 Å². The second-order valence-electron chi connectivity index (χ2n) is 4.30. The molecule has 0 radical (unpaired) electrons. The van der Waals surface area contributed by atoms with Crippen LogP contribution in [0, 0.1) is 10.1 Å². The second-order valence-corrected chi connectivity index (χ2v) is 4.30. The van der Waals surface area contributed by atoms with Gasteiger partial charge in [-0.15, -0.1) is 0 Å². The van der Waals surface area contributed by atoms with Crippen molar-refractivity contribution in [3.8, 4) is 0 Å². The van der Waals surface area contributed by atoms with E-state index in [4.69, 9.17) is 4.74 Å². The molecule has 6 nitrogen and oxygen atoms in total. The fourth-order valence-corrected chi connectivity index (χ4v) is 1.98. The van der Waals surface area contributed by atoms with Gasteiger partial charge >= 0.3 is 0 Å². The lowest BCUT2D eigenvalue weighted by molar-refractivity contribution is -0.384. The van der Waals surface area contributed by atoms with E-state index in [0.717, 1.165) is 31.0 Å². The molecule has 1 rings (SSSR count). The van der Waals surface area contributed by atoms with Gasteiger partial charge in [0.25, 0.3) is 5.69 Å². The number of hydrogen-bond donors (Lipinski definition) is 1. The molecule has 20 heavy (non-hydrogen) atoms. The predicted molar refractivity (Wildman–Crippen MR) is 81.6 cm³/mol. The van der Waals surface area contributed by atoms with Gasteiger partial charge in [-0.2, -0.15) is 0 Å². The minimum Gasteiger partial charge on any atom is -0.385 e. The summed E-state index contributed by atoms with van der Waals surface area (Å²) in [6, 6.07) is 5.10. The van der Waals surface area contributed by atoms with E-state index in [1.807, 2.05) is 26.8 Å². The summed E-state index contributed by atoms with van der Waals surface area (Å²) in [7, 11) is 0. The van der Waals surface area contributed by atoms with Crippen LogP contribution in [0.15, 0.2) is 18.2 Å². The Balaban J connectivity index is 2.97. The smallest absolute Gasteiger partial charge is 0.273 e. The van der Waals surface area contributed by atoms with Crippen molar-refractivity contribution < 1.29 is 9.66 Å². The maximum absolute atomic E-state index is 11.0. The zero-order valence-electron chi connectivity index (χ0n) is 12.4. The molecule has 0 unspecified atom stereocenters. The van der Waals surface area contributed by atoms with E-state index in [2.05, 4.69) is 10.2 Å². The summed E-state index contributed by atoms with van der Waals surface area (Å²) in [5, 5.41) is 14.1. The first kappa shape index (κ1) is 16.2. The summed E-state index contributed by atoms with van der Waals surface area (Å²) < 4.78 is 5.35. The fraction of sp³-hybridized carbons (Fsp3) is 0.571. The molecule has 0 spiro atoms. The molecule has 0 amide bonds. The molecule has 0 aromatic heterocycles. The molecule has 0 aliphatic heterocycles. The van der Waals surface area contributed by atoms with Crippen molar-refractivity contribution in [2.24, 2.45) is 0 Å². The van der Waals surface area contributed by atoms with Crippen LogP contribution in [-0.2, 0) is 4.74 Å². The Morgan fingerprint density at radius 1 is 1.30 bits per heavy atom. The number of rotatable bonds is 9. The number of nitro benzene ring substituents is 1. The molecule has 1 aromatic carbocycles. The van der Waals surface area contributed by atoms with Crippen molar-refractivity contribution in [3.63, 3.8) is 0 Å². The minimum absolute atomic E-state index is 0.105. The van der Waals surface area contributed by atoms with E-state index in [-0.39, 0.29) is 10.6 Å². The van der Waals surface area contributed by atoms with Crippen molar-refractivity contribution in [2.75, 3.05) is 43.1 Å². The number of ether oxygens (including phenoxy) is 1. The molecule has 6 heteroatoms. The fourth-order valence-electron chi connectivity index (χ4n) is 1.98. The van der Waals surface area contributed by atoms with E-state index in [1.165, 1.54) is 0 Å². The number of nitro groups is 1. The molecule has 0 fully saturated rings. The van der Waals surface area contributed by atoms with E-state index < -0.39 is 0 Å². The highest BCUT2D eigenvalue weighted by molar-refractivity contribution is 5.64. The Hall–Kier alpha value is -1.82. The van der Waals surface area contributed by atoms with Crippen molar-refractivity contribution >= 4 is 17.1 Å². The summed E-state index contributed by atoms with van der Waals surface area (Å²) in [4.78, 5) is 12.7. The van der Waals surface area contributed by atoms with E-state index >= 15 is 0 Å². The van der Waals surface area contributed by atoms with Gasteiger partial charge in [-0.1, -0.05) is 0 Å². The molecule has 0 atom stereocenters. The van der Waals surface area contributed by atoms with Gasteiger partial charge < -0.3 is 15.0 Å². The van der Waals surface area contributed by atoms with Gasteiger partial charge in [-0.3, -0.25) is 10.1 Å². The molecule has 0 aliphatic carbocycles. The quantitative estimate of drug-likeness (QED) is 0.428. The summed E-state index contributed by atoms with van der Waals surface area (Å²) in [5.41, 5.74) is 1.72. The summed E-state index contributed by atoms with van der Waals surface area (Å²) >= 11 is 0. The molecule has 0 aliphatic rings. The zero-order valence-corrected chi connectivity index (χ0v) is 12.4. The number of benzene rings is 1. The third-order valence-electron chi connectivity index (χ3n) is 2.95. The van der Waals surface area contributed by atoms with Crippen LogP contribution in [0.4, 0.5) is 17.1 Å². The molecule has 0 heterocycles. The number of hydrogen-bond acceptors (Lipinski definition) is 5. The maximum Gasteiger partial charge on any atom is 0.273 e. The molecule has 0 saturated carbocycles. The Morgan fingerprint density at radius 2 is 2.05 bits per heavy atom. The van der Waals surface area contributed by atoms with Gasteiger partial charge in [-0.25, -0.2) is 0 Å². The van der Waals surface area contributed by atoms with Crippen LogP contribution in [0.5, 0.6) is 0 Å². The summed E-state index contributed by atoms with van der Waals surface area (Å²) in [6.45, 7) is 9.46. The van der Waals surface area contributed by atoms with Gasteiger partial charge in [0.05, 0.1) is 11.5 Å². The lowest BCUT2D eigenvalue weighted by Crippen LogP contribution is -2.27. The van der Waals surface area contributed by atoms with Gasteiger partial charge in [0.2, 0.25) is 0 Å². The molecule has 112 valence electrons. The molecule has 1 aromatic rings. The van der Waals surface area contributed by atoms with Crippen LogP contribution in [0.25, 0.3) is 0 Å². The van der Waals surface area contributed by atoms with Gasteiger partial charge in [0, 0.05) is 49.7 Å². The SMILES string of the molecule is CCNc1cc(N(CC)CCOCC)cc([N+](=O)[O-])c1. The average Bonchev–Trinajstić information content (AvgIpc) is 2.43. The topological polar surface area (TPSA) is 67.6 Å².